The van der Waals surface area contributed by atoms with Crippen molar-refractivity contribution in [2.24, 2.45) is 5.92 Å². The highest BCUT2D eigenvalue weighted by atomic mass is 32.1. The van der Waals surface area contributed by atoms with E-state index in [-0.39, 0.29) is 18.1 Å². The van der Waals surface area contributed by atoms with Crippen molar-refractivity contribution in [1.29, 1.82) is 0 Å². The first kappa shape index (κ1) is 16.7. The number of Topliss-reactive ketones (excluding diaryl/α,β-unsaturated/α-hetero) is 1. The van der Waals surface area contributed by atoms with Crippen molar-refractivity contribution in [3.8, 4) is 0 Å². The van der Waals surface area contributed by atoms with Crippen molar-refractivity contribution < 1.29 is 19.1 Å². The fourth-order valence-corrected chi connectivity index (χ4v) is 4.07. The average Bonchev–Trinajstić information content (AvgIpc) is 2.74. The van der Waals surface area contributed by atoms with Crippen LogP contribution in [-0.4, -0.2) is 24.3 Å². The van der Waals surface area contributed by atoms with Gasteiger partial charge in [0.2, 0.25) is 5.91 Å². The molecular weight excluding hydrogens is 302 g/mol. The number of esters is 1. The lowest BCUT2D eigenvalue weighted by molar-refractivity contribution is -0.124. The molecule has 1 aromatic heterocycles. The van der Waals surface area contributed by atoms with Crippen LogP contribution in [0.25, 0.3) is 0 Å². The Balaban J connectivity index is 2.33. The van der Waals surface area contributed by atoms with Crippen LogP contribution in [0.2, 0.25) is 0 Å². The highest BCUT2D eigenvalue weighted by molar-refractivity contribution is 7.17. The maximum Gasteiger partial charge on any atom is 0.341 e. The highest BCUT2D eigenvalue weighted by Gasteiger charge is 2.29. The van der Waals surface area contributed by atoms with Crippen LogP contribution >= 0.6 is 11.3 Å². The predicted octanol–water partition coefficient (Wildman–Crippen LogP) is 2.97. The minimum absolute atomic E-state index is 0.179. The summed E-state index contributed by atoms with van der Waals surface area (Å²) >= 11 is 1.43. The smallest absolute Gasteiger partial charge is 0.341 e. The van der Waals surface area contributed by atoms with E-state index in [4.69, 9.17) is 4.74 Å². The summed E-state index contributed by atoms with van der Waals surface area (Å²) in [6.45, 7) is 5.60. The second-order valence-corrected chi connectivity index (χ2v) is 6.81. The van der Waals surface area contributed by atoms with Crippen LogP contribution in [0.1, 0.15) is 54.4 Å². The second-order valence-electron chi connectivity index (χ2n) is 5.70. The zero-order valence-electron chi connectivity index (χ0n) is 13.2. The fraction of sp³-hybridized carbons (Fsp3) is 0.562. The van der Waals surface area contributed by atoms with Gasteiger partial charge in [0, 0.05) is 4.88 Å². The summed E-state index contributed by atoms with van der Waals surface area (Å²) < 4.78 is 5.13. The summed E-state index contributed by atoms with van der Waals surface area (Å²) in [6, 6.07) is 0. The highest BCUT2D eigenvalue weighted by Crippen LogP contribution is 2.40. The van der Waals surface area contributed by atoms with E-state index in [0.29, 0.717) is 23.1 Å². The summed E-state index contributed by atoms with van der Waals surface area (Å²) in [5.74, 6) is -0.413. The molecule has 0 saturated carbocycles. The molecule has 1 amide bonds. The summed E-state index contributed by atoms with van der Waals surface area (Å²) in [5, 5.41) is 3.23. The van der Waals surface area contributed by atoms with Gasteiger partial charge in [-0.1, -0.05) is 6.92 Å². The molecular formula is C16H21NO4S. The number of ketones is 1. The number of carbonyl (C=O) groups is 3. The van der Waals surface area contributed by atoms with E-state index < -0.39 is 5.97 Å². The van der Waals surface area contributed by atoms with Gasteiger partial charge in [-0.2, -0.15) is 0 Å². The summed E-state index contributed by atoms with van der Waals surface area (Å²) in [5.41, 5.74) is 1.48. The molecule has 0 aromatic carbocycles. The Labute approximate surface area is 134 Å². The molecule has 1 aliphatic carbocycles. The number of carbonyl (C=O) groups excluding carboxylic acids is 3. The summed E-state index contributed by atoms with van der Waals surface area (Å²) in [4.78, 5) is 36.3. The Morgan fingerprint density at radius 2 is 2.09 bits per heavy atom. The van der Waals surface area contributed by atoms with Crippen molar-refractivity contribution in [1.82, 2.24) is 0 Å². The monoisotopic (exact) mass is 323 g/mol. The Kier molecular flexibility index (Phi) is 5.34. The molecule has 6 heteroatoms. The van der Waals surface area contributed by atoms with Crippen molar-refractivity contribution in [3.63, 3.8) is 0 Å². The first-order valence-corrected chi connectivity index (χ1v) is 8.35. The molecule has 0 bridgehead atoms. The number of anilines is 1. The van der Waals surface area contributed by atoms with Crippen LogP contribution in [0.4, 0.5) is 5.00 Å². The number of thiophene rings is 1. The third-order valence-corrected chi connectivity index (χ3v) is 4.82. The van der Waals surface area contributed by atoms with Crippen LogP contribution in [0.15, 0.2) is 0 Å². The molecule has 0 unspecified atom stereocenters. The molecule has 1 aliphatic rings. The number of rotatable bonds is 5. The number of ether oxygens (including phenoxy) is 1. The zero-order valence-corrected chi connectivity index (χ0v) is 14.0. The van der Waals surface area contributed by atoms with Crippen molar-refractivity contribution in [2.75, 3.05) is 11.9 Å². The van der Waals surface area contributed by atoms with Crippen molar-refractivity contribution >= 4 is 34.0 Å². The number of amides is 1. The van der Waals surface area contributed by atoms with E-state index in [1.165, 1.54) is 18.3 Å². The lowest BCUT2D eigenvalue weighted by atomic mass is 9.88. The second kappa shape index (κ2) is 7.05. The van der Waals surface area contributed by atoms with Crippen molar-refractivity contribution in [2.45, 2.75) is 46.5 Å². The van der Waals surface area contributed by atoms with Gasteiger partial charge < -0.3 is 10.1 Å². The van der Waals surface area contributed by atoms with Crippen molar-refractivity contribution in [3.05, 3.63) is 16.0 Å². The molecule has 0 radical (unpaired) electrons. The van der Waals surface area contributed by atoms with Gasteiger partial charge in [0.15, 0.2) is 0 Å². The lowest BCUT2D eigenvalue weighted by Crippen LogP contribution is -2.17. The van der Waals surface area contributed by atoms with Gasteiger partial charge >= 0.3 is 5.97 Å². The SMILES string of the molecule is CCOC(=O)c1c(NC(=O)CC(C)=O)sc2c1CC[C@@H](C)C2. The van der Waals surface area contributed by atoms with Gasteiger partial charge in [0.05, 0.1) is 18.6 Å². The minimum atomic E-state index is -0.396. The number of hydrogen-bond donors (Lipinski definition) is 1. The Morgan fingerprint density at radius 1 is 1.36 bits per heavy atom. The van der Waals surface area contributed by atoms with E-state index in [9.17, 15) is 14.4 Å². The Bertz CT molecular complexity index is 606. The molecule has 1 heterocycles. The van der Waals surface area contributed by atoms with Gasteiger partial charge in [-0.25, -0.2) is 4.79 Å². The first-order valence-electron chi connectivity index (χ1n) is 7.53. The number of nitrogens with one attached hydrogen (secondary N) is 1. The maximum absolute atomic E-state index is 12.3. The zero-order chi connectivity index (χ0) is 16.3. The predicted molar refractivity (Wildman–Crippen MR) is 85.4 cm³/mol. The molecule has 1 atom stereocenters. The third-order valence-electron chi connectivity index (χ3n) is 3.65. The first-order chi connectivity index (χ1) is 10.4. The minimum Gasteiger partial charge on any atom is -0.462 e. The van der Waals surface area contributed by atoms with Gasteiger partial charge in [-0.05, 0) is 44.6 Å². The van der Waals surface area contributed by atoms with Gasteiger partial charge in [0.25, 0.3) is 0 Å². The molecule has 1 aromatic rings. The average molecular weight is 323 g/mol. The van der Waals surface area contributed by atoms with Gasteiger partial charge in [0.1, 0.15) is 10.8 Å². The molecule has 0 spiro atoms. The normalized spacial score (nSPS) is 16.8. The third kappa shape index (κ3) is 3.74. The summed E-state index contributed by atoms with van der Waals surface area (Å²) in [6.07, 6.45) is 2.58. The van der Waals surface area contributed by atoms with E-state index in [1.807, 2.05) is 0 Å². The largest absolute Gasteiger partial charge is 0.462 e. The van der Waals surface area contributed by atoms with Crippen LogP contribution < -0.4 is 5.32 Å². The molecule has 0 aliphatic heterocycles. The standard InChI is InChI=1S/C16H21NO4S/c1-4-21-16(20)14-11-6-5-9(2)7-12(11)22-15(14)17-13(19)8-10(3)18/h9H,4-8H2,1-3H3,(H,17,19)/t9-/m1/s1. The summed E-state index contributed by atoms with van der Waals surface area (Å²) in [7, 11) is 0. The van der Waals surface area contributed by atoms with Gasteiger partial charge in [-0.3, -0.25) is 9.59 Å². The number of hydrogen-bond acceptors (Lipinski definition) is 5. The lowest BCUT2D eigenvalue weighted by Gasteiger charge is -2.18. The molecule has 1 N–H and O–H groups in total. The van der Waals surface area contributed by atoms with Crippen LogP contribution in [0.3, 0.4) is 0 Å². The molecule has 5 nitrogen and oxygen atoms in total. The number of fused-ring (bicyclic) bond motifs is 1. The molecule has 0 saturated heterocycles. The topological polar surface area (TPSA) is 72.5 Å². The Morgan fingerprint density at radius 3 is 2.73 bits per heavy atom. The van der Waals surface area contributed by atoms with Crippen LogP contribution in [-0.2, 0) is 27.2 Å². The van der Waals surface area contributed by atoms with Crippen LogP contribution in [0, 0.1) is 5.92 Å². The Hall–Kier alpha value is -1.69. The van der Waals surface area contributed by atoms with E-state index >= 15 is 0 Å². The molecule has 120 valence electrons. The van der Waals surface area contributed by atoms with E-state index in [2.05, 4.69) is 12.2 Å². The molecule has 0 fully saturated rings. The maximum atomic E-state index is 12.3. The molecule has 22 heavy (non-hydrogen) atoms. The van der Waals surface area contributed by atoms with Crippen LogP contribution in [0.5, 0.6) is 0 Å². The fourth-order valence-electron chi connectivity index (χ4n) is 2.65. The quantitative estimate of drug-likeness (QED) is 0.668. The van der Waals surface area contributed by atoms with E-state index in [0.717, 1.165) is 29.7 Å². The van der Waals surface area contributed by atoms with Gasteiger partial charge in [-0.15, -0.1) is 11.3 Å². The molecule has 2 rings (SSSR count). The van der Waals surface area contributed by atoms with E-state index in [1.54, 1.807) is 6.92 Å².